The fraction of sp³-hybridized carbons (Fsp3) is 0.222. The van der Waals surface area contributed by atoms with Crippen LogP contribution in [0.15, 0.2) is 24.3 Å². The van der Waals surface area contributed by atoms with E-state index in [1.165, 1.54) is 16.9 Å². The van der Waals surface area contributed by atoms with Crippen LogP contribution in [0.1, 0.15) is 32.6 Å². The van der Waals surface area contributed by atoms with Crippen molar-refractivity contribution in [3.63, 3.8) is 0 Å². The zero-order valence-corrected chi connectivity index (χ0v) is 15.0. The molecule has 0 aliphatic carbocycles. The number of aryl methyl sites for hydroxylation is 4. The van der Waals surface area contributed by atoms with Crippen LogP contribution in [0.2, 0.25) is 0 Å². The van der Waals surface area contributed by atoms with Gasteiger partial charge in [-0.3, -0.25) is 10.2 Å². The number of rotatable bonds is 3. The molecule has 0 spiro atoms. The molecule has 0 fully saturated rings. The quantitative estimate of drug-likeness (QED) is 0.496. The van der Waals surface area contributed by atoms with Crippen LogP contribution >= 0.6 is 11.3 Å². The summed E-state index contributed by atoms with van der Waals surface area (Å²) < 4.78 is 1.02. The smallest absolute Gasteiger partial charge is 0.255 e. The molecule has 0 atom stereocenters. The van der Waals surface area contributed by atoms with Gasteiger partial charge in [-0.2, -0.15) is 0 Å². The average Bonchev–Trinajstić information content (AvgIpc) is 2.97. The molecule has 1 amide bonds. The van der Waals surface area contributed by atoms with Gasteiger partial charge in [0.2, 0.25) is 0 Å². The molecule has 1 aromatic heterocycles. The maximum absolute atomic E-state index is 12.6. The number of thiazole rings is 1. The Morgan fingerprint density at radius 1 is 1.08 bits per heavy atom. The van der Waals surface area contributed by atoms with Gasteiger partial charge in [0, 0.05) is 11.3 Å². The Morgan fingerprint density at radius 3 is 2.50 bits per heavy atom. The molecule has 0 unspecified atom stereocenters. The first-order chi connectivity index (χ1) is 11.4. The van der Waals surface area contributed by atoms with E-state index < -0.39 is 0 Å². The summed E-state index contributed by atoms with van der Waals surface area (Å²) >= 11 is 1.48. The van der Waals surface area contributed by atoms with E-state index in [0.717, 1.165) is 32.6 Å². The SMILES string of the molecule is Cc1ccc(C(=O)Nc2c(C)cc3nc(NN)sc3c2C)cc1C. The zero-order chi connectivity index (χ0) is 17.4. The van der Waals surface area contributed by atoms with Crippen molar-refractivity contribution in [2.75, 3.05) is 10.7 Å². The first-order valence-corrected chi connectivity index (χ1v) is 8.48. The Morgan fingerprint density at radius 2 is 1.83 bits per heavy atom. The summed E-state index contributed by atoms with van der Waals surface area (Å²) in [5, 5.41) is 3.71. The molecule has 0 radical (unpaired) electrons. The number of nitrogens with zero attached hydrogens (tertiary/aromatic N) is 1. The number of nitrogens with two attached hydrogens (primary N) is 1. The van der Waals surface area contributed by atoms with Crippen molar-refractivity contribution in [2.24, 2.45) is 5.84 Å². The third kappa shape index (κ3) is 2.86. The minimum absolute atomic E-state index is 0.106. The van der Waals surface area contributed by atoms with Crippen LogP contribution in [0.3, 0.4) is 0 Å². The number of amides is 1. The van der Waals surface area contributed by atoms with Crippen molar-refractivity contribution < 1.29 is 4.79 Å². The number of hydrogen-bond acceptors (Lipinski definition) is 5. The van der Waals surface area contributed by atoms with E-state index in [4.69, 9.17) is 5.84 Å². The predicted molar refractivity (Wildman–Crippen MR) is 101 cm³/mol. The van der Waals surface area contributed by atoms with Crippen molar-refractivity contribution >= 4 is 38.3 Å². The van der Waals surface area contributed by atoms with E-state index in [9.17, 15) is 4.79 Å². The summed E-state index contributed by atoms with van der Waals surface area (Å²) in [4.78, 5) is 17.0. The Hall–Kier alpha value is -2.44. The molecule has 1 heterocycles. The van der Waals surface area contributed by atoms with Crippen molar-refractivity contribution in [1.29, 1.82) is 0 Å². The molecule has 0 aliphatic heterocycles. The van der Waals surface area contributed by atoms with Crippen LogP contribution in [0.25, 0.3) is 10.2 Å². The van der Waals surface area contributed by atoms with Gasteiger partial charge in [-0.15, -0.1) is 0 Å². The number of fused-ring (bicyclic) bond motifs is 1. The van der Waals surface area contributed by atoms with Gasteiger partial charge in [-0.05, 0) is 68.1 Å². The standard InChI is InChI=1S/C18H20N4OS/c1-9-5-6-13(7-10(9)2)17(23)21-15-11(3)8-14-16(12(15)4)24-18(20-14)22-19/h5-8H,19H2,1-4H3,(H,20,22)(H,21,23). The first kappa shape index (κ1) is 16.4. The lowest BCUT2D eigenvalue weighted by Crippen LogP contribution is -2.14. The topological polar surface area (TPSA) is 80.0 Å². The number of aromatic nitrogens is 1. The average molecular weight is 340 g/mol. The number of nitrogens with one attached hydrogen (secondary N) is 2. The molecule has 0 bridgehead atoms. The van der Waals surface area contributed by atoms with E-state index >= 15 is 0 Å². The highest BCUT2D eigenvalue weighted by atomic mass is 32.1. The Labute approximate surface area is 144 Å². The highest BCUT2D eigenvalue weighted by molar-refractivity contribution is 7.22. The molecule has 0 aliphatic rings. The summed E-state index contributed by atoms with van der Waals surface area (Å²) in [6.07, 6.45) is 0. The predicted octanol–water partition coefficient (Wildman–Crippen LogP) is 4.07. The molecule has 0 saturated carbocycles. The molecule has 0 saturated heterocycles. The monoisotopic (exact) mass is 340 g/mol. The first-order valence-electron chi connectivity index (χ1n) is 7.66. The maximum Gasteiger partial charge on any atom is 0.255 e. The third-order valence-electron chi connectivity index (χ3n) is 4.25. The van der Waals surface area contributed by atoms with Crippen LogP contribution in [0, 0.1) is 27.7 Å². The Bertz CT molecular complexity index is 946. The van der Waals surface area contributed by atoms with Gasteiger partial charge in [0.25, 0.3) is 5.91 Å². The van der Waals surface area contributed by atoms with Crippen molar-refractivity contribution in [3.05, 3.63) is 52.1 Å². The second kappa shape index (κ2) is 6.22. The minimum Gasteiger partial charge on any atom is -0.321 e. The second-order valence-electron chi connectivity index (χ2n) is 5.96. The third-order valence-corrected chi connectivity index (χ3v) is 5.37. The molecule has 2 aromatic carbocycles. The van der Waals surface area contributed by atoms with Gasteiger partial charge < -0.3 is 5.32 Å². The second-order valence-corrected chi connectivity index (χ2v) is 6.96. The summed E-state index contributed by atoms with van der Waals surface area (Å²) in [7, 11) is 0. The fourth-order valence-electron chi connectivity index (χ4n) is 2.71. The number of carbonyl (C=O) groups is 1. The fourth-order valence-corrected chi connectivity index (χ4v) is 3.57. The molecule has 4 N–H and O–H groups in total. The zero-order valence-electron chi connectivity index (χ0n) is 14.2. The Balaban J connectivity index is 1.99. The lowest BCUT2D eigenvalue weighted by molar-refractivity contribution is 0.102. The van der Waals surface area contributed by atoms with Gasteiger partial charge in [-0.1, -0.05) is 17.4 Å². The maximum atomic E-state index is 12.6. The van der Waals surface area contributed by atoms with Gasteiger partial charge in [-0.25, -0.2) is 10.8 Å². The number of nitrogen functional groups attached to an aromatic ring is 1. The molecular formula is C18H20N4OS. The summed E-state index contributed by atoms with van der Waals surface area (Å²) in [6, 6.07) is 7.70. The largest absolute Gasteiger partial charge is 0.321 e. The number of anilines is 2. The summed E-state index contributed by atoms with van der Waals surface area (Å²) in [5.41, 5.74) is 9.21. The highest BCUT2D eigenvalue weighted by Crippen LogP contribution is 2.35. The van der Waals surface area contributed by atoms with Gasteiger partial charge in [0.05, 0.1) is 10.2 Å². The molecule has 24 heavy (non-hydrogen) atoms. The van der Waals surface area contributed by atoms with Crippen LogP contribution in [0.5, 0.6) is 0 Å². The van der Waals surface area contributed by atoms with Crippen molar-refractivity contribution in [2.45, 2.75) is 27.7 Å². The van der Waals surface area contributed by atoms with Crippen LogP contribution in [0.4, 0.5) is 10.8 Å². The van der Waals surface area contributed by atoms with Gasteiger partial charge in [0.15, 0.2) is 5.13 Å². The van der Waals surface area contributed by atoms with E-state index in [1.54, 1.807) is 0 Å². The van der Waals surface area contributed by atoms with E-state index in [1.807, 2.05) is 52.0 Å². The number of hydrazine groups is 1. The number of benzene rings is 2. The van der Waals surface area contributed by atoms with Crippen molar-refractivity contribution in [1.82, 2.24) is 4.98 Å². The summed E-state index contributed by atoms with van der Waals surface area (Å²) in [6.45, 7) is 8.00. The van der Waals surface area contributed by atoms with E-state index in [2.05, 4.69) is 15.7 Å². The van der Waals surface area contributed by atoms with Crippen LogP contribution in [-0.4, -0.2) is 10.9 Å². The summed E-state index contributed by atoms with van der Waals surface area (Å²) in [5.74, 6) is 5.34. The lowest BCUT2D eigenvalue weighted by Gasteiger charge is -2.13. The molecular weight excluding hydrogens is 320 g/mol. The van der Waals surface area contributed by atoms with E-state index in [0.29, 0.717) is 10.7 Å². The molecule has 3 rings (SSSR count). The number of hydrogen-bond donors (Lipinski definition) is 3. The molecule has 3 aromatic rings. The normalized spacial score (nSPS) is 10.9. The molecule has 5 nitrogen and oxygen atoms in total. The molecule has 124 valence electrons. The van der Waals surface area contributed by atoms with Gasteiger partial charge >= 0.3 is 0 Å². The van der Waals surface area contributed by atoms with Crippen LogP contribution < -0.4 is 16.6 Å². The lowest BCUT2D eigenvalue weighted by atomic mass is 10.0. The molecule has 6 heteroatoms. The van der Waals surface area contributed by atoms with Crippen LogP contribution in [-0.2, 0) is 0 Å². The van der Waals surface area contributed by atoms with Gasteiger partial charge in [0.1, 0.15) is 0 Å². The van der Waals surface area contributed by atoms with Crippen molar-refractivity contribution in [3.8, 4) is 0 Å². The van der Waals surface area contributed by atoms with E-state index in [-0.39, 0.29) is 5.91 Å². The Kier molecular flexibility index (Phi) is 4.26. The highest BCUT2D eigenvalue weighted by Gasteiger charge is 2.15. The minimum atomic E-state index is -0.106. The number of carbonyl (C=O) groups excluding carboxylic acids is 1.